The number of alkyl carbamates (subject to hydrolysis) is 1. The number of ether oxygens (including phenoxy) is 1. The molecule has 0 bridgehead atoms. The Hall–Kier alpha value is -3.51. The van der Waals surface area contributed by atoms with Crippen LogP contribution >= 0.6 is 0 Å². The summed E-state index contributed by atoms with van der Waals surface area (Å²) >= 11 is 0. The number of likely N-dealkylation sites (tertiary alicyclic amines) is 1. The molecule has 51 heavy (non-hydrogen) atoms. The Labute approximate surface area is 304 Å². The van der Waals surface area contributed by atoms with Crippen LogP contribution in [0.15, 0.2) is 24.3 Å². The van der Waals surface area contributed by atoms with Crippen LogP contribution in [0.3, 0.4) is 0 Å². The predicted octanol–water partition coefficient (Wildman–Crippen LogP) is 3.45. The molecule has 3 aliphatic rings. The quantitative estimate of drug-likeness (QED) is 0.136. The normalized spacial score (nSPS) is 21.4. The standard InChI is InChI=1S/C39H62N6O6/c1-23(2)28-16-17-45(32(28)35(48)43-29(33(46)34(40)47)18-24-12-11-13-24)36(49)31(27-19-25-14-9-10-15-26(25)20-27)42-22-41-30(38(3,4)5)21-51-37(50)44-39(6,7)8/h9-10,14-15,23-24,27-32,41-42H,11-13,16-22H2,1-8H3,(H2,40,47)(H,43,48)(H,44,50)/t28-,29?,30?,31?,32?/m1/s1. The first-order valence-electron chi connectivity index (χ1n) is 18.8. The minimum atomic E-state index is -1.06. The number of hydrogen-bond donors (Lipinski definition) is 5. The van der Waals surface area contributed by atoms with Crippen molar-refractivity contribution in [2.45, 2.75) is 130 Å². The number of carbonyl (C=O) groups is 5. The maximum Gasteiger partial charge on any atom is 0.407 e. The fourth-order valence-electron chi connectivity index (χ4n) is 7.69. The highest BCUT2D eigenvalue weighted by Crippen LogP contribution is 2.35. The van der Waals surface area contributed by atoms with Crippen LogP contribution in [0.25, 0.3) is 0 Å². The Bertz CT molecular complexity index is 1390. The van der Waals surface area contributed by atoms with E-state index in [9.17, 15) is 24.0 Å². The van der Waals surface area contributed by atoms with E-state index in [4.69, 9.17) is 10.5 Å². The predicted molar refractivity (Wildman–Crippen MR) is 196 cm³/mol. The Morgan fingerprint density at radius 1 is 0.941 bits per heavy atom. The van der Waals surface area contributed by atoms with Crippen LogP contribution in [0.2, 0.25) is 0 Å². The molecule has 6 N–H and O–H groups in total. The van der Waals surface area contributed by atoms with Crippen LogP contribution in [0, 0.1) is 29.1 Å². The van der Waals surface area contributed by atoms with Crippen LogP contribution in [-0.2, 0) is 36.8 Å². The van der Waals surface area contributed by atoms with Crippen molar-refractivity contribution in [3.8, 4) is 0 Å². The molecule has 1 aromatic carbocycles. The van der Waals surface area contributed by atoms with Gasteiger partial charge in [-0.2, -0.15) is 0 Å². The van der Waals surface area contributed by atoms with Crippen molar-refractivity contribution in [2.24, 2.45) is 34.8 Å². The van der Waals surface area contributed by atoms with Gasteiger partial charge in [0.05, 0.1) is 12.1 Å². The highest BCUT2D eigenvalue weighted by molar-refractivity contribution is 6.37. The lowest BCUT2D eigenvalue weighted by molar-refractivity contribution is -0.144. The third-order valence-electron chi connectivity index (χ3n) is 10.9. The molecule has 1 aromatic rings. The van der Waals surface area contributed by atoms with Crippen molar-refractivity contribution in [3.05, 3.63) is 35.4 Å². The largest absolute Gasteiger partial charge is 0.448 e. The average Bonchev–Trinajstić information content (AvgIpc) is 3.64. The van der Waals surface area contributed by atoms with Gasteiger partial charge < -0.3 is 26.0 Å². The minimum Gasteiger partial charge on any atom is -0.448 e. The number of primary amides is 1. The number of ketones is 1. The Balaban J connectivity index is 1.54. The van der Waals surface area contributed by atoms with E-state index in [0.29, 0.717) is 32.2 Å². The maximum absolute atomic E-state index is 14.8. The molecule has 1 aliphatic heterocycles. The van der Waals surface area contributed by atoms with Crippen molar-refractivity contribution in [3.63, 3.8) is 0 Å². The lowest BCUT2D eigenvalue weighted by Crippen LogP contribution is -2.60. The van der Waals surface area contributed by atoms with Gasteiger partial charge in [-0.3, -0.25) is 29.8 Å². The monoisotopic (exact) mass is 710 g/mol. The summed E-state index contributed by atoms with van der Waals surface area (Å²) in [6, 6.07) is 5.59. The zero-order valence-corrected chi connectivity index (χ0v) is 32.0. The zero-order valence-electron chi connectivity index (χ0n) is 32.0. The summed E-state index contributed by atoms with van der Waals surface area (Å²) < 4.78 is 5.59. The number of carbonyl (C=O) groups excluding carboxylic acids is 5. The van der Waals surface area contributed by atoms with Gasteiger partial charge in [-0.15, -0.1) is 0 Å². The number of benzene rings is 1. The summed E-state index contributed by atoms with van der Waals surface area (Å²) in [4.78, 5) is 67.9. The number of rotatable bonds is 15. The minimum absolute atomic E-state index is 0.0526. The molecule has 1 heterocycles. The number of amides is 4. The van der Waals surface area contributed by atoms with Gasteiger partial charge in [0, 0.05) is 24.8 Å². The van der Waals surface area contributed by atoms with Gasteiger partial charge in [0.2, 0.25) is 17.6 Å². The molecule has 2 aliphatic carbocycles. The van der Waals surface area contributed by atoms with Crippen LogP contribution in [-0.4, -0.2) is 84.0 Å². The molecule has 2 fully saturated rings. The summed E-state index contributed by atoms with van der Waals surface area (Å²) in [5.41, 5.74) is 7.12. The number of nitrogens with two attached hydrogens (primary N) is 1. The van der Waals surface area contributed by atoms with E-state index >= 15 is 0 Å². The summed E-state index contributed by atoms with van der Waals surface area (Å²) in [5.74, 6) is -2.26. The number of fused-ring (bicyclic) bond motifs is 1. The molecule has 0 spiro atoms. The topological polar surface area (TPSA) is 172 Å². The molecule has 5 atom stereocenters. The molecule has 12 heteroatoms. The molecule has 284 valence electrons. The number of nitrogens with zero attached hydrogens (tertiary/aromatic N) is 1. The van der Waals surface area contributed by atoms with Crippen molar-refractivity contribution >= 4 is 29.6 Å². The Morgan fingerprint density at radius 3 is 2.08 bits per heavy atom. The summed E-state index contributed by atoms with van der Waals surface area (Å²) in [7, 11) is 0. The van der Waals surface area contributed by atoms with Gasteiger partial charge in [0.25, 0.3) is 5.91 Å². The van der Waals surface area contributed by atoms with Crippen LogP contribution in [0.4, 0.5) is 4.79 Å². The number of hydrogen-bond acceptors (Lipinski definition) is 8. The third kappa shape index (κ3) is 10.8. The van der Waals surface area contributed by atoms with Crippen LogP contribution in [0.5, 0.6) is 0 Å². The van der Waals surface area contributed by atoms with Crippen molar-refractivity contribution in [2.75, 3.05) is 19.8 Å². The highest BCUT2D eigenvalue weighted by atomic mass is 16.5. The van der Waals surface area contributed by atoms with Gasteiger partial charge in [-0.05, 0) is 86.7 Å². The summed E-state index contributed by atoms with van der Waals surface area (Å²) in [6.07, 6.45) is 4.90. The van der Waals surface area contributed by atoms with Crippen molar-refractivity contribution in [1.29, 1.82) is 0 Å². The highest BCUT2D eigenvalue weighted by Gasteiger charge is 2.47. The summed E-state index contributed by atoms with van der Waals surface area (Å²) in [5, 5.41) is 12.7. The SMILES string of the molecule is CC(C)[C@H]1CCN(C(=O)C(NCNC(COC(=O)NC(C)(C)C)C(C)(C)C)C2Cc3ccccc3C2)C1C(=O)NC(CC1CCC1)C(=O)C(N)=O. The van der Waals surface area contributed by atoms with Gasteiger partial charge in [0.1, 0.15) is 12.6 Å². The van der Waals surface area contributed by atoms with Crippen LogP contribution in [0.1, 0.15) is 98.6 Å². The second-order valence-electron chi connectivity index (χ2n) is 17.4. The molecule has 4 unspecified atom stereocenters. The first-order chi connectivity index (χ1) is 23.9. The zero-order chi connectivity index (χ0) is 37.7. The number of nitrogens with one attached hydrogen (secondary N) is 4. The van der Waals surface area contributed by atoms with E-state index in [1.807, 2.05) is 46.8 Å². The second kappa shape index (κ2) is 16.9. The molecule has 0 aromatic heterocycles. The lowest BCUT2D eigenvalue weighted by atomic mass is 9.80. The maximum atomic E-state index is 14.8. The first-order valence-corrected chi connectivity index (χ1v) is 18.8. The van der Waals surface area contributed by atoms with E-state index in [1.165, 1.54) is 11.1 Å². The molecule has 12 nitrogen and oxygen atoms in total. The van der Waals surface area contributed by atoms with Gasteiger partial charge >= 0.3 is 6.09 Å². The fraction of sp³-hybridized carbons (Fsp3) is 0.718. The van der Waals surface area contributed by atoms with E-state index < -0.39 is 47.4 Å². The first kappa shape index (κ1) is 40.3. The molecule has 4 rings (SSSR count). The third-order valence-corrected chi connectivity index (χ3v) is 10.9. The lowest BCUT2D eigenvalue weighted by Gasteiger charge is -2.36. The van der Waals surface area contributed by atoms with E-state index in [2.05, 4.69) is 54.2 Å². The smallest absolute Gasteiger partial charge is 0.407 e. The molecule has 1 saturated heterocycles. The molecule has 4 amide bonds. The Kier molecular flexibility index (Phi) is 13.3. The van der Waals surface area contributed by atoms with Crippen molar-refractivity contribution in [1.82, 2.24) is 26.2 Å². The molecule has 1 saturated carbocycles. The average molecular weight is 711 g/mol. The molecular formula is C39H62N6O6. The van der Waals surface area contributed by atoms with E-state index in [0.717, 1.165) is 19.3 Å². The van der Waals surface area contributed by atoms with E-state index in [-0.39, 0.29) is 54.3 Å². The number of Topliss-reactive ketones (excluding diaryl/α,β-unsaturated/α-hetero) is 1. The van der Waals surface area contributed by atoms with Crippen molar-refractivity contribution < 1.29 is 28.7 Å². The Morgan fingerprint density at radius 2 is 1.57 bits per heavy atom. The van der Waals surface area contributed by atoms with Gasteiger partial charge in [-0.25, -0.2) is 4.79 Å². The van der Waals surface area contributed by atoms with Crippen LogP contribution < -0.4 is 27.0 Å². The van der Waals surface area contributed by atoms with Gasteiger partial charge in [0.15, 0.2) is 0 Å². The van der Waals surface area contributed by atoms with E-state index in [1.54, 1.807) is 4.90 Å². The molecular weight excluding hydrogens is 648 g/mol. The fourth-order valence-corrected chi connectivity index (χ4v) is 7.69. The molecule has 0 radical (unpaired) electrons. The van der Waals surface area contributed by atoms with Gasteiger partial charge in [-0.1, -0.05) is 78.1 Å². The second-order valence-corrected chi connectivity index (χ2v) is 17.4. The summed E-state index contributed by atoms with van der Waals surface area (Å²) in [6.45, 7) is 16.8.